The van der Waals surface area contributed by atoms with Gasteiger partial charge in [-0.1, -0.05) is 13.8 Å². The standard InChI is InChI=1S/C8H16N2/c1-7(2)6-8(9)4-5-10-3/h4-5,7H,6,9H2,1-3H3/b8-4-,10-5?. The summed E-state index contributed by atoms with van der Waals surface area (Å²) in [5.41, 5.74) is 6.53. The van der Waals surface area contributed by atoms with E-state index in [0.717, 1.165) is 12.1 Å². The molecule has 0 saturated heterocycles. The molecule has 0 fully saturated rings. The van der Waals surface area contributed by atoms with Gasteiger partial charge < -0.3 is 5.73 Å². The zero-order valence-corrected chi connectivity index (χ0v) is 6.96. The topological polar surface area (TPSA) is 38.4 Å². The van der Waals surface area contributed by atoms with Crippen molar-refractivity contribution >= 4 is 6.21 Å². The second-order valence-electron chi connectivity index (χ2n) is 2.75. The normalized spacial score (nSPS) is 13.4. The molecule has 2 heteroatoms. The molecule has 0 rings (SSSR count). The Balaban J connectivity index is 3.71. The molecular formula is C8H16N2. The Morgan fingerprint density at radius 2 is 2.20 bits per heavy atom. The predicted octanol–water partition coefficient (Wildman–Crippen LogP) is 1.58. The third kappa shape index (κ3) is 5.35. The van der Waals surface area contributed by atoms with Gasteiger partial charge in [0.1, 0.15) is 0 Å². The lowest BCUT2D eigenvalue weighted by molar-refractivity contribution is 0.639. The molecule has 0 aromatic rings. The minimum Gasteiger partial charge on any atom is -0.402 e. The molecule has 58 valence electrons. The monoisotopic (exact) mass is 140 g/mol. The molecule has 0 aliphatic heterocycles. The smallest absolute Gasteiger partial charge is 0.0277 e. The lowest BCUT2D eigenvalue weighted by atomic mass is 10.1. The number of rotatable bonds is 3. The van der Waals surface area contributed by atoms with E-state index in [1.54, 1.807) is 13.3 Å². The minimum absolute atomic E-state index is 0.626. The van der Waals surface area contributed by atoms with Crippen LogP contribution in [0.25, 0.3) is 0 Å². The Morgan fingerprint density at radius 1 is 1.60 bits per heavy atom. The zero-order valence-electron chi connectivity index (χ0n) is 6.96. The summed E-state index contributed by atoms with van der Waals surface area (Å²) in [5, 5.41) is 0. The first-order chi connectivity index (χ1) is 4.66. The fraction of sp³-hybridized carbons (Fsp3) is 0.625. The Kier molecular flexibility index (Phi) is 4.63. The van der Waals surface area contributed by atoms with E-state index in [9.17, 15) is 0 Å². The Morgan fingerprint density at radius 3 is 2.60 bits per heavy atom. The second kappa shape index (κ2) is 5.03. The predicted molar refractivity (Wildman–Crippen MR) is 46.1 cm³/mol. The van der Waals surface area contributed by atoms with Crippen LogP contribution in [0, 0.1) is 5.92 Å². The highest BCUT2D eigenvalue weighted by molar-refractivity contribution is 5.71. The van der Waals surface area contributed by atoms with E-state index in [-0.39, 0.29) is 0 Å². The van der Waals surface area contributed by atoms with Crippen molar-refractivity contribution in [1.29, 1.82) is 0 Å². The minimum atomic E-state index is 0.626. The van der Waals surface area contributed by atoms with Crippen LogP contribution in [0.2, 0.25) is 0 Å². The lowest BCUT2D eigenvalue weighted by Gasteiger charge is -2.02. The van der Waals surface area contributed by atoms with Crippen molar-refractivity contribution in [1.82, 2.24) is 0 Å². The third-order valence-electron chi connectivity index (χ3n) is 1.08. The number of hydrogen-bond donors (Lipinski definition) is 1. The van der Waals surface area contributed by atoms with Gasteiger partial charge in [-0.15, -0.1) is 0 Å². The number of hydrogen-bond acceptors (Lipinski definition) is 2. The van der Waals surface area contributed by atoms with E-state index < -0.39 is 0 Å². The maximum atomic E-state index is 5.63. The number of nitrogens with zero attached hydrogens (tertiary/aromatic N) is 1. The summed E-state index contributed by atoms with van der Waals surface area (Å²) in [6.07, 6.45) is 4.52. The fourth-order valence-electron chi connectivity index (χ4n) is 0.710. The summed E-state index contributed by atoms with van der Waals surface area (Å²) in [4.78, 5) is 3.80. The Bertz CT molecular complexity index is 134. The summed E-state index contributed by atoms with van der Waals surface area (Å²) in [6, 6.07) is 0. The summed E-state index contributed by atoms with van der Waals surface area (Å²) >= 11 is 0. The van der Waals surface area contributed by atoms with E-state index >= 15 is 0 Å². The highest BCUT2D eigenvalue weighted by atomic mass is 14.6. The van der Waals surface area contributed by atoms with Crippen LogP contribution in [0.5, 0.6) is 0 Å². The van der Waals surface area contributed by atoms with Gasteiger partial charge in [0.2, 0.25) is 0 Å². The summed E-state index contributed by atoms with van der Waals surface area (Å²) in [7, 11) is 1.74. The van der Waals surface area contributed by atoms with E-state index in [2.05, 4.69) is 18.8 Å². The lowest BCUT2D eigenvalue weighted by Crippen LogP contribution is -2.01. The van der Waals surface area contributed by atoms with Gasteiger partial charge in [0.15, 0.2) is 0 Å². The van der Waals surface area contributed by atoms with Crippen molar-refractivity contribution < 1.29 is 0 Å². The van der Waals surface area contributed by atoms with Gasteiger partial charge in [-0.2, -0.15) is 0 Å². The van der Waals surface area contributed by atoms with Crippen LogP contribution < -0.4 is 5.73 Å². The molecule has 0 saturated carbocycles. The third-order valence-corrected chi connectivity index (χ3v) is 1.08. The first-order valence-corrected chi connectivity index (χ1v) is 3.53. The molecule has 10 heavy (non-hydrogen) atoms. The van der Waals surface area contributed by atoms with Crippen molar-refractivity contribution in [2.24, 2.45) is 16.6 Å². The highest BCUT2D eigenvalue weighted by Crippen LogP contribution is 2.03. The molecule has 0 spiro atoms. The van der Waals surface area contributed by atoms with Gasteiger partial charge in [0.05, 0.1) is 0 Å². The maximum Gasteiger partial charge on any atom is 0.0277 e. The van der Waals surface area contributed by atoms with Crippen LogP contribution in [-0.2, 0) is 0 Å². The van der Waals surface area contributed by atoms with Gasteiger partial charge >= 0.3 is 0 Å². The maximum absolute atomic E-state index is 5.63. The zero-order chi connectivity index (χ0) is 7.98. The molecule has 2 nitrogen and oxygen atoms in total. The molecule has 0 aromatic heterocycles. The molecular weight excluding hydrogens is 124 g/mol. The Labute approximate surface area is 62.8 Å². The second-order valence-corrected chi connectivity index (χ2v) is 2.75. The molecule has 0 amide bonds. The van der Waals surface area contributed by atoms with E-state index in [4.69, 9.17) is 5.73 Å². The van der Waals surface area contributed by atoms with Crippen LogP contribution in [0.1, 0.15) is 20.3 Å². The van der Waals surface area contributed by atoms with Crippen LogP contribution in [0.15, 0.2) is 16.8 Å². The Hall–Kier alpha value is -0.790. The van der Waals surface area contributed by atoms with Crippen molar-refractivity contribution in [2.75, 3.05) is 7.05 Å². The molecule has 0 aromatic carbocycles. The average molecular weight is 140 g/mol. The average Bonchev–Trinajstić information content (AvgIpc) is 1.82. The molecule has 0 unspecified atom stereocenters. The van der Waals surface area contributed by atoms with Crippen molar-refractivity contribution in [2.45, 2.75) is 20.3 Å². The summed E-state index contributed by atoms with van der Waals surface area (Å²) in [5.74, 6) is 0.626. The van der Waals surface area contributed by atoms with Crippen LogP contribution >= 0.6 is 0 Å². The van der Waals surface area contributed by atoms with Gasteiger partial charge in [-0.05, 0) is 18.4 Å². The van der Waals surface area contributed by atoms with E-state index in [1.165, 1.54) is 0 Å². The number of allylic oxidation sites excluding steroid dienone is 2. The van der Waals surface area contributed by atoms with Crippen LogP contribution in [0.4, 0.5) is 0 Å². The van der Waals surface area contributed by atoms with E-state index in [0.29, 0.717) is 5.92 Å². The fourth-order valence-corrected chi connectivity index (χ4v) is 0.710. The van der Waals surface area contributed by atoms with Gasteiger partial charge in [0, 0.05) is 19.0 Å². The van der Waals surface area contributed by atoms with Crippen molar-refractivity contribution in [3.63, 3.8) is 0 Å². The van der Waals surface area contributed by atoms with Gasteiger partial charge in [-0.3, -0.25) is 4.99 Å². The van der Waals surface area contributed by atoms with Crippen LogP contribution in [-0.4, -0.2) is 13.3 Å². The SMILES string of the molecule is CN=C/C=C(\N)CC(C)C. The van der Waals surface area contributed by atoms with Crippen LogP contribution in [0.3, 0.4) is 0 Å². The summed E-state index contributed by atoms with van der Waals surface area (Å²) < 4.78 is 0. The number of nitrogens with two attached hydrogens (primary N) is 1. The largest absolute Gasteiger partial charge is 0.402 e. The highest BCUT2D eigenvalue weighted by Gasteiger charge is 1.93. The first kappa shape index (κ1) is 9.21. The van der Waals surface area contributed by atoms with Crippen molar-refractivity contribution in [3.8, 4) is 0 Å². The van der Waals surface area contributed by atoms with Gasteiger partial charge in [0.25, 0.3) is 0 Å². The molecule has 0 aliphatic carbocycles. The molecule has 0 bridgehead atoms. The summed E-state index contributed by atoms with van der Waals surface area (Å²) in [6.45, 7) is 4.29. The molecule has 2 N–H and O–H groups in total. The van der Waals surface area contributed by atoms with Crippen molar-refractivity contribution in [3.05, 3.63) is 11.8 Å². The quantitative estimate of drug-likeness (QED) is 0.594. The first-order valence-electron chi connectivity index (χ1n) is 3.53. The molecule has 0 aliphatic rings. The molecule has 0 heterocycles. The van der Waals surface area contributed by atoms with Gasteiger partial charge in [-0.25, -0.2) is 0 Å². The van der Waals surface area contributed by atoms with E-state index in [1.807, 2.05) is 6.08 Å². The number of aliphatic imine (C=N–C) groups is 1. The molecule has 0 atom stereocenters. The molecule has 0 radical (unpaired) electrons.